The SMILES string of the molecule is CN(C)c1ncc(-c2cccc(F)c2)cc1C(F)(F)F. The molecule has 2 aromatic rings. The molecule has 0 fully saturated rings. The van der Waals surface area contributed by atoms with Gasteiger partial charge in [-0.25, -0.2) is 9.37 Å². The van der Waals surface area contributed by atoms with Crippen LogP contribution in [-0.4, -0.2) is 19.1 Å². The normalized spacial score (nSPS) is 11.5. The summed E-state index contributed by atoms with van der Waals surface area (Å²) in [6.45, 7) is 0. The zero-order chi connectivity index (χ0) is 14.9. The van der Waals surface area contributed by atoms with Crippen LogP contribution in [0.1, 0.15) is 5.56 Å². The van der Waals surface area contributed by atoms with Crippen LogP contribution in [0.3, 0.4) is 0 Å². The second kappa shape index (κ2) is 5.11. The molecule has 0 aliphatic heterocycles. The number of halogens is 4. The highest BCUT2D eigenvalue weighted by Crippen LogP contribution is 2.37. The fourth-order valence-corrected chi connectivity index (χ4v) is 1.85. The Kier molecular flexibility index (Phi) is 3.65. The van der Waals surface area contributed by atoms with Crippen molar-refractivity contribution in [2.24, 2.45) is 0 Å². The molecule has 1 aromatic carbocycles. The molecule has 0 radical (unpaired) electrons. The number of alkyl halides is 3. The van der Waals surface area contributed by atoms with Gasteiger partial charge in [-0.3, -0.25) is 0 Å². The molecule has 0 amide bonds. The minimum absolute atomic E-state index is 0.169. The Morgan fingerprint density at radius 1 is 1.05 bits per heavy atom. The van der Waals surface area contributed by atoms with Gasteiger partial charge in [-0.2, -0.15) is 13.2 Å². The van der Waals surface area contributed by atoms with Gasteiger partial charge in [0.2, 0.25) is 0 Å². The summed E-state index contributed by atoms with van der Waals surface area (Å²) in [6, 6.07) is 6.37. The van der Waals surface area contributed by atoms with E-state index < -0.39 is 17.6 Å². The van der Waals surface area contributed by atoms with Crippen LogP contribution in [0, 0.1) is 5.82 Å². The molecule has 0 aliphatic carbocycles. The molecule has 1 heterocycles. The van der Waals surface area contributed by atoms with Crippen LogP contribution in [-0.2, 0) is 6.18 Å². The van der Waals surface area contributed by atoms with Crippen molar-refractivity contribution < 1.29 is 17.6 Å². The fourth-order valence-electron chi connectivity index (χ4n) is 1.85. The molecule has 106 valence electrons. The van der Waals surface area contributed by atoms with Crippen LogP contribution in [0.25, 0.3) is 11.1 Å². The summed E-state index contributed by atoms with van der Waals surface area (Å²) in [5, 5.41) is 0. The topological polar surface area (TPSA) is 16.1 Å². The molecule has 1 aromatic heterocycles. The van der Waals surface area contributed by atoms with E-state index >= 15 is 0 Å². The van der Waals surface area contributed by atoms with Crippen molar-refractivity contribution in [1.29, 1.82) is 0 Å². The lowest BCUT2D eigenvalue weighted by Crippen LogP contribution is -2.18. The van der Waals surface area contributed by atoms with Gasteiger partial charge < -0.3 is 4.90 Å². The largest absolute Gasteiger partial charge is 0.419 e. The van der Waals surface area contributed by atoms with E-state index in [2.05, 4.69) is 4.98 Å². The molecule has 2 nitrogen and oxygen atoms in total. The minimum Gasteiger partial charge on any atom is -0.362 e. The first-order valence-corrected chi connectivity index (χ1v) is 5.79. The Morgan fingerprint density at radius 3 is 2.30 bits per heavy atom. The van der Waals surface area contributed by atoms with Gasteiger partial charge in [0, 0.05) is 25.9 Å². The Bertz CT molecular complexity index is 621. The van der Waals surface area contributed by atoms with Crippen LogP contribution >= 0.6 is 0 Å². The zero-order valence-corrected chi connectivity index (χ0v) is 10.9. The number of aromatic nitrogens is 1. The van der Waals surface area contributed by atoms with Crippen molar-refractivity contribution in [1.82, 2.24) is 4.98 Å². The first-order chi connectivity index (χ1) is 9.29. The molecule has 0 saturated heterocycles. The number of pyridine rings is 1. The Balaban J connectivity index is 2.58. The highest BCUT2D eigenvalue weighted by atomic mass is 19.4. The predicted molar refractivity (Wildman–Crippen MR) is 69.0 cm³/mol. The lowest BCUT2D eigenvalue weighted by molar-refractivity contribution is -0.137. The summed E-state index contributed by atoms with van der Waals surface area (Å²) in [7, 11) is 2.97. The molecule has 2 rings (SSSR count). The zero-order valence-electron chi connectivity index (χ0n) is 10.9. The van der Waals surface area contributed by atoms with Gasteiger partial charge in [0.1, 0.15) is 11.6 Å². The smallest absolute Gasteiger partial charge is 0.362 e. The van der Waals surface area contributed by atoms with Crippen molar-refractivity contribution in [2.45, 2.75) is 6.18 Å². The van der Waals surface area contributed by atoms with Crippen LogP contribution in [0.5, 0.6) is 0 Å². The summed E-state index contributed by atoms with van der Waals surface area (Å²) in [4.78, 5) is 5.12. The molecule has 6 heteroatoms. The second-order valence-corrected chi connectivity index (χ2v) is 4.50. The highest BCUT2D eigenvalue weighted by Gasteiger charge is 2.35. The average molecular weight is 284 g/mol. The average Bonchev–Trinajstić information content (AvgIpc) is 2.37. The second-order valence-electron chi connectivity index (χ2n) is 4.50. The van der Waals surface area contributed by atoms with Gasteiger partial charge in [-0.05, 0) is 23.8 Å². The van der Waals surface area contributed by atoms with Gasteiger partial charge in [0.25, 0.3) is 0 Å². The van der Waals surface area contributed by atoms with Gasteiger partial charge in [0.05, 0.1) is 5.56 Å². The Morgan fingerprint density at radius 2 is 1.75 bits per heavy atom. The van der Waals surface area contributed by atoms with E-state index in [1.165, 1.54) is 49.5 Å². The summed E-state index contributed by atoms with van der Waals surface area (Å²) in [5.41, 5.74) is -0.264. The molecular formula is C14H12F4N2. The van der Waals surface area contributed by atoms with E-state index in [9.17, 15) is 17.6 Å². The summed E-state index contributed by atoms with van der Waals surface area (Å²) in [5.74, 6) is -0.676. The lowest BCUT2D eigenvalue weighted by Gasteiger charge is -2.18. The van der Waals surface area contributed by atoms with E-state index in [1.54, 1.807) is 0 Å². The van der Waals surface area contributed by atoms with Gasteiger partial charge in [0.15, 0.2) is 0 Å². The summed E-state index contributed by atoms with van der Waals surface area (Å²) < 4.78 is 52.3. The van der Waals surface area contributed by atoms with Crippen LogP contribution in [0.4, 0.5) is 23.4 Å². The molecule has 0 aliphatic rings. The standard InChI is InChI=1S/C14H12F4N2/c1-20(2)13-12(14(16,17)18)7-10(8-19-13)9-4-3-5-11(15)6-9/h3-8H,1-2H3. The highest BCUT2D eigenvalue weighted by molar-refractivity contribution is 5.66. The molecule has 0 saturated carbocycles. The summed E-state index contributed by atoms with van der Waals surface area (Å²) in [6.07, 6.45) is -3.21. The molecular weight excluding hydrogens is 272 g/mol. The van der Waals surface area contributed by atoms with E-state index in [-0.39, 0.29) is 11.4 Å². The lowest BCUT2D eigenvalue weighted by atomic mass is 10.0. The van der Waals surface area contributed by atoms with Crippen molar-refractivity contribution in [3.63, 3.8) is 0 Å². The summed E-state index contributed by atoms with van der Waals surface area (Å²) >= 11 is 0. The number of hydrogen-bond acceptors (Lipinski definition) is 2. The number of nitrogens with zero attached hydrogens (tertiary/aromatic N) is 2. The van der Waals surface area contributed by atoms with Crippen molar-refractivity contribution in [2.75, 3.05) is 19.0 Å². The van der Waals surface area contributed by atoms with E-state index in [0.717, 1.165) is 6.07 Å². The Labute approximate surface area is 113 Å². The van der Waals surface area contributed by atoms with Crippen molar-refractivity contribution in [3.8, 4) is 11.1 Å². The Hall–Kier alpha value is -2.11. The van der Waals surface area contributed by atoms with Crippen LogP contribution < -0.4 is 4.90 Å². The first-order valence-electron chi connectivity index (χ1n) is 5.79. The van der Waals surface area contributed by atoms with Gasteiger partial charge >= 0.3 is 6.18 Å². The molecule has 0 atom stereocenters. The molecule has 0 N–H and O–H groups in total. The number of anilines is 1. The number of rotatable bonds is 2. The maximum atomic E-state index is 13.1. The minimum atomic E-state index is -4.52. The van der Waals surface area contributed by atoms with E-state index in [0.29, 0.717) is 5.56 Å². The first kappa shape index (κ1) is 14.3. The fraction of sp³-hybridized carbons (Fsp3) is 0.214. The molecule has 20 heavy (non-hydrogen) atoms. The van der Waals surface area contributed by atoms with Gasteiger partial charge in [-0.1, -0.05) is 12.1 Å². The quantitative estimate of drug-likeness (QED) is 0.776. The maximum Gasteiger partial charge on any atom is 0.419 e. The molecule has 0 unspecified atom stereocenters. The number of benzene rings is 1. The predicted octanol–water partition coefficient (Wildman–Crippen LogP) is 3.97. The third-order valence-electron chi connectivity index (χ3n) is 2.75. The third kappa shape index (κ3) is 2.89. The molecule has 0 spiro atoms. The van der Waals surface area contributed by atoms with Gasteiger partial charge in [-0.15, -0.1) is 0 Å². The van der Waals surface area contributed by atoms with E-state index in [1.807, 2.05) is 0 Å². The molecule has 0 bridgehead atoms. The maximum absolute atomic E-state index is 13.1. The number of hydrogen-bond donors (Lipinski definition) is 0. The van der Waals surface area contributed by atoms with Crippen molar-refractivity contribution in [3.05, 3.63) is 47.9 Å². The third-order valence-corrected chi connectivity index (χ3v) is 2.75. The van der Waals surface area contributed by atoms with Crippen LogP contribution in [0.2, 0.25) is 0 Å². The van der Waals surface area contributed by atoms with Crippen LogP contribution in [0.15, 0.2) is 36.5 Å². The monoisotopic (exact) mass is 284 g/mol. The van der Waals surface area contributed by atoms with Crippen molar-refractivity contribution >= 4 is 5.82 Å². The van der Waals surface area contributed by atoms with E-state index in [4.69, 9.17) is 0 Å².